The molecule has 0 saturated carbocycles. The number of hydroxylamine groups is 2. The molecule has 0 spiro atoms. The van der Waals surface area contributed by atoms with Crippen molar-refractivity contribution in [1.82, 2.24) is 5.23 Å². The van der Waals surface area contributed by atoms with E-state index in [0.717, 1.165) is 6.26 Å². The first-order valence-electron chi connectivity index (χ1n) is 6.43. The van der Waals surface area contributed by atoms with Crippen LogP contribution in [0.4, 0.5) is 11.4 Å². The summed E-state index contributed by atoms with van der Waals surface area (Å²) in [6.07, 6.45) is 1.06. The summed E-state index contributed by atoms with van der Waals surface area (Å²) in [5, 5.41) is 36.4. The van der Waals surface area contributed by atoms with Gasteiger partial charge in [-0.1, -0.05) is 12.1 Å². The highest BCUT2D eigenvalue weighted by molar-refractivity contribution is 7.90. The van der Waals surface area contributed by atoms with Crippen molar-refractivity contribution >= 4 is 21.2 Å². The molecule has 0 radical (unpaired) electrons. The van der Waals surface area contributed by atoms with Gasteiger partial charge in [0.1, 0.15) is 11.4 Å². The van der Waals surface area contributed by atoms with E-state index in [0.29, 0.717) is 11.3 Å². The molecule has 2 aromatic rings. The summed E-state index contributed by atoms with van der Waals surface area (Å²) in [6.45, 7) is -0.172. The zero-order chi connectivity index (χ0) is 17.0. The Balaban J connectivity index is 2.23. The molecule has 0 amide bonds. The summed E-state index contributed by atoms with van der Waals surface area (Å²) in [4.78, 5) is 0.0260. The fourth-order valence-electron chi connectivity index (χ4n) is 1.75. The van der Waals surface area contributed by atoms with Crippen molar-refractivity contribution < 1.29 is 18.7 Å². The molecule has 0 unspecified atom stereocenters. The standard InChI is InChI=1S/C14H14N3O5S/c1-23(21,22)12-6-7-14(18)13(8-12)16-15-11-4-2-10(3-5-11)9-17(19)20/h2-8,18-19H,9H2,1H3/q-1. The minimum absolute atomic E-state index is 0.0260. The number of rotatable bonds is 5. The van der Waals surface area contributed by atoms with Gasteiger partial charge in [0.05, 0.1) is 10.6 Å². The van der Waals surface area contributed by atoms with Crippen LogP contribution in [0.1, 0.15) is 5.56 Å². The summed E-state index contributed by atoms with van der Waals surface area (Å²) >= 11 is 0. The van der Waals surface area contributed by atoms with Crippen LogP contribution in [-0.2, 0) is 16.4 Å². The lowest BCUT2D eigenvalue weighted by Gasteiger charge is -2.18. The summed E-state index contributed by atoms with van der Waals surface area (Å²) in [5.41, 5.74) is 1.05. The first kappa shape index (κ1) is 17.0. The highest BCUT2D eigenvalue weighted by atomic mass is 32.2. The van der Waals surface area contributed by atoms with Crippen LogP contribution in [0.25, 0.3) is 0 Å². The number of nitrogens with zero attached hydrogens (tertiary/aromatic N) is 3. The molecule has 2 N–H and O–H groups in total. The molecule has 8 nitrogen and oxygen atoms in total. The largest absolute Gasteiger partial charge is 0.762 e. The Hall–Kier alpha value is -2.33. The van der Waals surface area contributed by atoms with Gasteiger partial charge in [-0.3, -0.25) is 5.23 Å². The highest BCUT2D eigenvalue weighted by Gasteiger charge is 2.10. The number of phenols is 1. The topological polar surface area (TPSA) is 126 Å². The van der Waals surface area contributed by atoms with Gasteiger partial charge in [-0.05, 0) is 35.9 Å². The first-order chi connectivity index (χ1) is 10.8. The Labute approximate surface area is 132 Å². The minimum Gasteiger partial charge on any atom is -0.762 e. The average Bonchev–Trinajstić information content (AvgIpc) is 2.46. The van der Waals surface area contributed by atoms with E-state index >= 15 is 0 Å². The summed E-state index contributed by atoms with van der Waals surface area (Å²) in [6, 6.07) is 10.0. The lowest BCUT2D eigenvalue weighted by Crippen LogP contribution is -2.08. The Kier molecular flexibility index (Phi) is 5.06. The number of aromatic hydroxyl groups is 1. The van der Waals surface area contributed by atoms with Crippen molar-refractivity contribution in [3.63, 3.8) is 0 Å². The van der Waals surface area contributed by atoms with Gasteiger partial charge in [0, 0.05) is 12.8 Å². The van der Waals surface area contributed by atoms with Crippen LogP contribution < -0.4 is 0 Å². The van der Waals surface area contributed by atoms with E-state index < -0.39 is 9.84 Å². The number of azo groups is 1. The molecule has 23 heavy (non-hydrogen) atoms. The summed E-state index contributed by atoms with van der Waals surface area (Å²) < 4.78 is 23.0. The second kappa shape index (κ2) is 6.84. The monoisotopic (exact) mass is 336 g/mol. The third-order valence-electron chi connectivity index (χ3n) is 2.90. The van der Waals surface area contributed by atoms with E-state index in [1.54, 1.807) is 24.3 Å². The molecule has 2 rings (SSSR count). The number of benzene rings is 2. The highest BCUT2D eigenvalue weighted by Crippen LogP contribution is 2.30. The maximum atomic E-state index is 11.5. The normalized spacial score (nSPS) is 12.2. The van der Waals surface area contributed by atoms with Gasteiger partial charge >= 0.3 is 0 Å². The Morgan fingerprint density at radius 2 is 1.78 bits per heavy atom. The third-order valence-corrected chi connectivity index (χ3v) is 4.01. The Morgan fingerprint density at radius 3 is 2.35 bits per heavy atom. The number of phenolic OH excluding ortho intramolecular Hbond substituents is 1. The average molecular weight is 336 g/mol. The smallest absolute Gasteiger partial charge is 0.175 e. The van der Waals surface area contributed by atoms with Crippen molar-refractivity contribution in [2.75, 3.05) is 6.26 Å². The number of hydrogen-bond acceptors (Lipinski definition) is 8. The zero-order valence-electron chi connectivity index (χ0n) is 12.1. The van der Waals surface area contributed by atoms with Crippen LogP contribution >= 0.6 is 0 Å². The van der Waals surface area contributed by atoms with E-state index in [1.165, 1.54) is 18.2 Å². The Morgan fingerprint density at radius 1 is 1.13 bits per heavy atom. The van der Waals surface area contributed by atoms with E-state index in [-0.39, 0.29) is 28.1 Å². The van der Waals surface area contributed by atoms with Crippen LogP contribution in [-0.4, -0.2) is 30.2 Å². The van der Waals surface area contributed by atoms with Gasteiger partial charge in [-0.2, -0.15) is 5.11 Å². The molecule has 0 aliphatic rings. The van der Waals surface area contributed by atoms with Crippen molar-refractivity contribution in [1.29, 1.82) is 0 Å². The van der Waals surface area contributed by atoms with E-state index in [9.17, 15) is 18.7 Å². The lowest BCUT2D eigenvalue weighted by atomic mass is 10.2. The van der Waals surface area contributed by atoms with Crippen LogP contribution in [0.15, 0.2) is 57.6 Å². The van der Waals surface area contributed by atoms with Gasteiger partial charge in [-0.25, -0.2) is 8.42 Å². The van der Waals surface area contributed by atoms with E-state index in [2.05, 4.69) is 10.2 Å². The van der Waals surface area contributed by atoms with Gasteiger partial charge in [0.2, 0.25) is 0 Å². The Bertz CT molecular complexity index is 817. The molecule has 0 heterocycles. The molecule has 0 bridgehead atoms. The minimum atomic E-state index is -3.41. The van der Waals surface area contributed by atoms with Crippen LogP contribution in [0.5, 0.6) is 5.75 Å². The second-order valence-corrected chi connectivity index (χ2v) is 6.82. The van der Waals surface area contributed by atoms with Crippen molar-refractivity contribution in [3.05, 3.63) is 53.2 Å². The molecule has 122 valence electrons. The molecule has 0 aromatic heterocycles. The van der Waals surface area contributed by atoms with Gasteiger partial charge < -0.3 is 15.5 Å². The molecule has 0 fully saturated rings. The molecule has 2 aromatic carbocycles. The summed E-state index contributed by atoms with van der Waals surface area (Å²) in [5.74, 6) is -0.194. The third kappa shape index (κ3) is 4.83. The fraction of sp³-hybridized carbons (Fsp3) is 0.143. The number of sulfone groups is 1. The predicted octanol–water partition coefficient (Wildman–Crippen LogP) is 2.90. The maximum Gasteiger partial charge on any atom is 0.175 e. The van der Waals surface area contributed by atoms with Crippen LogP contribution in [0.3, 0.4) is 0 Å². The maximum absolute atomic E-state index is 11.5. The quantitative estimate of drug-likeness (QED) is 0.638. The van der Waals surface area contributed by atoms with Gasteiger partial charge in [0.15, 0.2) is 9.84 Å². The number of hydrogen-bond donors (Lipinski definition) is 2. The van der Waals surface area contributed by atoms with Crippen molar-refractivity contribution in [2.24, 2.45) is 10.2 Å². The molecule has 0 aliphatic heterocycles. The summed E-state index contributed by atoms with van der Waals surface area (Å²) in [7, 11) is -3.41. The SMILES string of the molecule is CS(=O)(=O)c1ccc(O)c(N=Nc2ccc(CN([O-])O)cc2)c1. The fourth-order valence-corrected chi connectivity index (χ4v) is 2.39. The molecule has 0 saturated heterocycles. The van der Waals surface area contributed by atoms with Gasteiger partial charge in [0.25, 0.3) is 0 Å². The molecule has 0 atom stereocenters. The van der Waals surface area contributed by atoms with Crippen molar-refractivity contribution in [3.8, 4) is 5.75 Å². The first-order valence-corrected chi connectivity index (χ1v) is 8.32. The van der Waals surface area contributed by atoms with E-state index in [1.807, 2.05) is 0 Å². The molecular weight excluding hydrogens is 322 g/mol. The van der Waals surface area contributed by atoms with Gasteiger partial charge in [-0.15, -0.1) is 5.11 Å². The molecule has 0 aliphatic carbocycles. The lowest BCUT2D eigenvalue weighted by molar-refractivity contribution is -0.0487. The molecular formula is C14H14N3O5S-. The van der Waals surface area contributed by atoms with E-state index in [4.69, 9.17) is 5.21 Å². The van der Waals surface area contributed by atoms with Crippen LogP contribution in [0, 0.1) is 5.21 Å². The predicted molar refractivity (Wildman–Crippen MR) is 82.5 cm³/mol. The molecule has 9 heteroatoms. The van der Waals surface area contributed by atoms with Crippen molar-refractivity contribution in [2.45, 2.75) is 11.4 Å². The van der Waals surface area contributed by atoms with Crippen LogP contribution in [0.2, 0.25) is 0 Å². The second-order valence-electron chi connectivity index (χ2n) is 4.80. The zero-order valence-corrected chi connectivity index (χ0v) is 12.9.